The Morgan fingerprint density at radius 3 is 1.54 bits per heavy atom. The van der Waals surface area contributed by atoms with Gasteiger partial charge in [-0.25, -0.2) is 0 Å². The Bertz CT molecular complexity index is 1240. The third-order valence-corrected chi connectivity index (χ3v) is 11.2. The summed E-state index contributed by atoms with van der Waals surface area (Å²) in [7, 11) is -4.60. The molecule has 0 amide bonds. The first kappa shape index (κ1) is 54.9. The first-order valence-electron chi connectivity index (χ1n) is 23.0. The van der Waals surface area contributed by atoms with E-state index in [0.717, 1.165) is 83.5 Å². The zero-order chi connectivity index (χ0) is 43.4. The summed E-state index contributed by atoms with van der Waals surface area (Å²) in [4.78, 5) is 25.4. The zero-order valence-corrected chi connectivity index (χ0v) is 37.4. The van der Waals surface area contributed by atoms with E-state index in [1.165, 1.54) is 64.2 Å². The number of allylic oxidation sites excluding steroid dienone is 6. The molecule has 0 saturated carbocycles. The molecular formula is C46H82O12S. The molecule has 1 aliphatic heterocycles. The van der Waals surface area contributed by atoms with E-state index in [1.54, 1.807) is 0 Å². The summed E-state index contributed by atoms with van der Waals surface area (Å²) >= 11 is 0. The number of hydrogen-bond acceptors (Lipinski definition) is 11. The molecule has 6 atom stereocenters. The minimum Gasteiger partial charge on any atom is -0.462 e. The highest BCUT2D eigenvalue weighted by atomic mass is 32.2. The van der Waals surface area contributed by atoms with E-state index < -0.39 is 71.2 Å². The van der Waals surface area contributed by atoms with Crippen molar-refractivity contribution < 1.29 is 56.8 Å². The molecular weight excluding hydrogens is 777 g/mol. The largest absolute Gasteiger partial charge is 0.462 e. The second-order valence-electron chi connectivity index (χ2n) is 16.1. The lowest BCUT2D eigenvalue weighted by Crippen LogP contribution is -2.60. The van der Waals surface area contributed by atoms with Crippen LogP contribution in [-0.4, -0.2) is 96.0 Å². The molecule has 344 valence electrons. The van der Waals surface area contributed by atoms with E-state index in [1.807, 2.05) is 0 Å². The number of carbonyl (C=O) groups excluding carboxylic acids is 2. The second kappa shape index (κ2) is 36.5. The highest BCUT2D eigenvalue weighted by Gasteiger charge is 2.46. The number of hydrogen-bond donors (Lipinski definition) is 4. The maximum absolute atomic E-state index is 12.8. The number of ether oxygens (including phenoxy) is 4. The van der Waals surface area contributed by atoms with Gasteiger partial charge >= 0.3 is 11.9 Å². The fraction of sp³-hybridized carbons (Fsp3) is 0.826. The summed E-state index contributed by atoms with van der Waals surface area (Å²) in [6, 6.07) is 0. The van der Waals surface area contributed by atoms with Crippen molar-refractivity contribution in [1.29, 1.82) is 0 Å². The summed E-state index contributed by atoms with van der Waals surface area (Å²) < 4.78 is 54.1. The van der Waals surface area contributed by atoms with Gasteiger partial charge in [0.05, 0.1) is 6.61 Å². The molecule has 1 rings (SSSR count). The van der Waals surface area contributed by atoms with E-state index in [0.29, 0.717) is 12.8 Å². The van der Waals surface area contributed by atoms with Crippen molar-refractivity contribution in [2.24, 2.45) is 0 Å². The molecule has 59 heavy (non-hydrogen) atoms. The van der Waals surface area contributed by atoms with Crippen molar-refractivity contribution in [2.45, 2.75) is 224 Å². The van der Waals surface area contributed by atoms with Crippen molar-refractivity contribution in [3.05, 3.63) is 36.5 Å². The molecule has 1 fully saturated rings. The van der Waals surface area contributed by atoms with Gasteiger partial charge in [-0.1, -0.05) is 140 Å². The van der Waals surface area contributed by atoms with Crippen LogP contribution in [0.25, 0.3) is 0 Å². The van der Waals surface area contributed by atoms with Gasteiger partial charge < -0.3 is 34.3 Å². The molecule has 0 radical (unpaired) electrons. The quantitative estimate of drug-likeness (QED) is 0.0200. The standard InChI is InChI=1S/C46H82O12S/c1-3-5-7-9-11-13-15-17-19-20-21-23-25-27-29-31-33-35-42(48)57-39(37-56-46-45(51)44(50)43(49)40(58-46)38-59(52,53)54)36-55-41(47)34-32-30-28-26-24-22-18-16-14-12-10-8-6-4-2/h11,13,16-19,39-40,43-46,49-51H,3-10,12,14-15,20-38H2,1-2H3,(H,52,53,54)/b13-11+,18-16+,19-17+/t39-,40-,43-,44?,45?,46+/m1/s1. The molecule has 12 nitrogen and oxygen atoms in total. The normalized spacial score (nSPS) is 20.5. The molecule has 0 aromatic rings. The number of aliphatic hydroxyl groups is 3. The molecule has 0 aliphatic carbocycles. The molecule has 0 aromatic carbocycles. The fourth-order valence-corrected chi connectivity index (χ4v) is 7.51. The van der Waals surface area contributed by atoms with Crippen molar-refractivity contribution >= 4 is 22.1 Å². The third kappa shape index (κ3) is 31.4. The van der Waals surface area contributed by atoms with E-state index in [-0.39, 0.29) is 19.4 Å². The Morgan fingerprint density at radius 2 is 1.02 bits per heavy atom. The maximum atomic E-state index is 12.8. The topological polar surface area (TPSA) is 186 Å². The fourth-order valence-electron chi connectivity index (χ4n) is 6.82. The lowest BCUT2D eigenvalue weighted by Gasteiger charge is -2.40. The smallest absolute Gasteiger partial charge is 0.306 e. The molecule has 0 spiro atoms. The zero-order valence-electron chi connectivity index (χ0n) is 36.6. The van der Waals surface area contributed by atoms with Gasteiger partial charge in [0.15, 0.2) is 12.4 Å². The molecule has 2 unspecified atom stereocenters. The van der Waals surface area contributed by atoms with Crippen molar-refractivity contribution in [2.75, 3.05) is 19.0 Å². The van der Waals surface area contributed by atoms with E-state index in [9.17, 15) is 37.9 Å². The summed E-state index contributed by atoms with van der Waals surface area (Å²) in [6.07, 6.45) is 31.8. The highest BCUT2D eigenvalue weighted by Crippen LogP contribution is 2.24. The van der Waals surface area contributed by atoms with Crippen LogP contribution in [0.3, 0.4) is 0 Å². The van der Waals surface area contributed by atoms with Crippen LogP contribution >= 0.6 is 0 Å². The minimum absolute atomic E-state index is 0.154. The molecule has 13 heteroatoms. The molecule has 1 aliphatic rings. The van der Waals surface area contributed by atoms with Gasteiger partial charge in [0.1, 0.15) is 36.8 Å². The van der Waals surface area contributed by atoms with Crippen LogP contribution in [0.4, 0.5) is 0 Å². The van der Waals surface area contributed by atoms with Crippen molar-refractivity contribution in [3.63, 3.8) is 0 Å². The summed E-state index contributed by atoms with van der Waals surface area (Å²) in [6.45, 7) is 3.71. The molecule has 1 saturated heterocycles. The second-order valence-corrected chi connectivity index (χ2v) is 17.6. The Labute approximate surface area is 357 Å². The number of unbranched alkanes of at least 4 members (excludes halogenated alkanes) is 20. The van der Waals surface area contributed by atoms with Gasteiger partial charge in [0.25, 0.3) is 10.1 Å². The lowest BCUT2D eigenvalue weighted by atomic mass is 10.00. The highest BCUT2D eigenvalue weighted by molar-refractivity contribution is 7.85. The van der Waals surface area contributed by atoms with Gasteiger partial charge in [0.2, 0.25) is 0 Å². The molecule has 4 N–H and O–H groups in total. The number of rotatable bonds is 38. The Balaban J connectivity index is 2.45. The SMILES string of the molecule is CCCCC/C=C/C/C=C/CCCCCCCCCC(=O)O[C@H](COC(=O)CCCCCCC/C=C/CCCCCCC)CO[C@H]1O[C@H](CS(=O)(=O)O)[C@@H](O)C(O)C1O. The van der Waals surface area contributed by atoms with Crippen molar-refractivity contribution in [1.82, 2.24) is 0 Å². The van der Waals surface area contributed by atoms with E-state index in [2.05, 4.69) is 50.3 Å². The minimum atomic E-state index is -4.60. The Morgan fingerprint density at radius 1 is 0.576 bits per heavy atom. The summed E-state index contributed by atoms with van der Waals surface area (Å²) in [5.41, 5.74) is 0. The van der Waals surface area contributed by atoms with Crippen LogP contribution in [-0.2, 0) is 38.7 Å². The van der Waals surface area contributed by atoms with Crippen molar-refractivity contribution in [3.8, 4) is 0 Å². The van der Waals surface area contributed by atoms with Gasteiger partial charge in [-0.2, -0.15) is 8.42 Å². The van der Waals surface area contributed by atoms with Crippen LogP contribution in [0.1, 0.15) is 187 Å². The van der Waals surface area contributed by atoms with Gasteiger partial charge in [-0.15, -0.1) is 0 Å². The predicted octanol–water partition coefficient (Wildman–Crippen LogP) is 9.39. The summed E-state index contributed by atoms with van der Waals surface area (Å²) in [5, 5.41) is 30.9. The van der Waals surface area contributed by atoms with Gasteiger partial charge in [0, 0.05) is 12.8 Å². The molecule has 0 aromatic heterocycles. The molecule has 0 bridgehead atoms. The first-order valence-corrected chi connectivity index (χ1v) is 24.7. The van der Waals surface area contributed by atoms with Crippen LogP contribution in [0.15, 0.2) is 36.5 Å². The van der Waals surface area contributed by atoms with Gasteiger partial charge in [-0.3, -0.25) is 14.1 Å². The average molecular weight is 859 g/mol. The third-order valence-electron chi connectivity index (χ3n) is 10.4. The molecule has 1 heterocycles. The van der Waals surface area contributed by atoms with Crippen LogP contribution in [0.2, 0.25) is 0 Å². The van der Waals surface area contributed by atoms with E-state index >= 15 is 0 Å². The van der Waals surface area contributed by atoms with Gasteiger partial charge in [-0.05, 0) is 70.6 Å². The monoisotopic (exact) mass is 859 g/mol. The Hall–Kier alpha value is -2.13. The summed E-state index contributed by atoms with van der Waals surface area (Å²) in [5.74, 6) is -2.00. The van der Waals surface area contributed by atoms with Crippen LogP contribution in [0, 0.1) is 0 Å². The lowest BCUT2D eigenvalue weighted by molar-refractivity contribution is -0.297. The van der Waals surface area contributed by atoms with Crippen LogP contribution < -0.4 is 0 Å². The number of esters is 2. The number of carbonyl (C=O) groups is 2. The van der Waals surface area contributed by atoms with E-state index in [4.69, 9.17) is 18.9 Å². The van der Waals surface area contributed by atoms with Crippen LogP contribution in [0.5, 0.6) is 0 Å². The number of aliphatic hydroxyl groups excluding tert-OH is 3. The predicted molar refractivity (Wildman–Crippen MR) is 233 cm³/mol. The average Bonchev–Trinajstić information content (AvgIpc) is 3.20. The maximum Gasteiger partial charge on any atom is 0.306 e. The Kier molecular flexibility index (Phi) is 34.0. The first-order chi connectivity index (χ1) is 28.5.